The molecule has 0 fully saturated rings. The average molecular weight is 252 g/mol. The SMILES string of the molecule is Cc1nn(C)cc1NC(=O)CC(N)CC(C)(C)C. The van der Waals surface area contributed by atoms with Crippen molar-refractivity contribution in [2.45, 2.75) is 46.6 Å². The van der Waals surface area contributed by atoms with Crippen LogP contribution in [0.15, 0.2) is 6.20 Å². The van der Waals surface area contributed by atoms with E-state index in [1.165, 1.54) is 0 Å². The van der Waals surface area contributed by atoms with Crippen molar-refractivity contribution in [3.8, 4) is 0 Å². The van der Waals surface area contributed by atoms with Gasteiger partial charge in [0.25, 0.3) is 0 Å². The smallest absolute Gasteiger partial charge is 0.226 e. The van der Waals surface area contributed by atoms with E-state index in [0.717, 1.165) is 17.8 Å². The predicted molar refractivity (Wildman–Crippen MR) is 73.2 cm³/mol. The molecule has 1 heterocycles. The summed E-state index contributed by atoms with van der Waals surface area (Å²) in [7, 11) is 1.83. The lowest BCUT2D eigenvalue weighted by Crippen LogP contribution is -2.31. The van der Waals surface area contributed by atoms with E-state index < -0.39 is 0 Å². The van der Waals surface area contributed by atoms with E-state index >= 15 is 0 Å². The van der Waals surface area contributed by atoms with Crippen LogP contribution in [0.2, 0.25) is 0 Å². The molecule has 0 aliphatic rings. The van der Waals surface area contributed by atoms with Gasteiger partial charge in [-0.05, 0) is 18.8 Å². The molecule has 18 heavy (non-hydrogen) atoms. The number of aryl methyl sites for hydroxylation is 2. The number of carbonyl (C=O) groups is 1. The van der Waals surface area contributed by atoms with Gasteiger partial charge in [0.15, 0.2) is 0 Å². The van der Waals surface area contributed by atoms with Gasteiger partial charge < -0.3 is 11.1 Å². The Bertz CT molecular complexity index is 417. The molecule has 5 nitrogen and oxygen atoms in total. The minimum absolute atomic E-state index is 0.0529. The predicted octanol–water partition coefficient (Wildman–Crippen LogP) is 1.82. The highest BCUT2D eigenvalue weighted by atomic mass is 16.1. The van der Waals surface area contributed by atoms with Crippen molar-refractivity contribution in [3.05, 3.63) is 11.9 Å². The van der Waals surface area contributed by atoms with Crippen molar-refractivity contribution >= 4 is 11.6 Å². The summed E-state index contributed by atoms with van der Waals surface area (Å²) in [6.45, 7) is 8.23. The lowest BCUT2D eigenvalue weighted by atomic mass is 9.87. The lowest BCUT2D eigenvalue weighted by Gasteiger charge is -2.22. The number of hydrogen-bond donors (Lipinski definition) is 2. The number of aromatic nitrogens is 2. The number of hydrogen-bond acceptors (Lipinski definition) is 3. The molecule has 0 saturated heterocycles. The highest BCUT2D eigenvalue weighted by molar-refractivity contribution is 5.91. The van der Waals surface area contributed by atoms with Crippen LogP contribution in [-0.4, -0.2) is 21.7 Å². The second-order valence-electron chi connectivity index (χ2n) is 6.08. The topological polar surface area (TPSA) is 72.9 Å². The van der Waals surface area contributed by atoms with Crippen LogP contribution < -0.4 is 11.1 Å². The van der Waals surface area contributed by atoms with E-state index in [1.54, 1.807) is 10.9 Å². The molecule has 1 amide bonds. The fourth-order valence-corrected chi connectivity index (χ4v) is 2.02. The van der Waals surface area contributed by atoms with Gasteiger partial charge in [0, 0.05) is 25.7 Å². The quantitative estimate of drug-likeness (QED) is 0.858. The van der Waals surface area contributed by atoms with E-state index in [2.05, 4.69) is 31.2 Å². The molecule has 1 aromatic rings. The van der Waals surface area contributed by atoms with Crippen LogP contribution in [0.25, 0.3) is 0 Å². The van der Waals surface area contributed by atoms with Crippen LogP contribution in [-0.2, 0) is 11.8 Å². The first-order valence-corrected chi connectivity index (χ1v) is 6.23. The number of nitrogens with one attached hydrogen (secondary N) is 1. The van der Waals surface area contributed by atoms with E-state index in [9.17, 15) is 4.79 Å². The number of amides is 1. The highest BCUT2D eigenvalue weighted by Gasteiger charge is 2.18. The largest absolute Gasteiger partial charge is 0.327 e. The Morgan fingerprint density at radius 3 is 2.61 bits per heavy atom. The summed E-state index contributed by atoms with van der Waals surface area (Å²) in [5.41, 5.74) is 7.69. The minimum Gasteiger partial charge on any atom is -0.327 e. The first kappa shape index (κ1) is 14.7. The van der Waals surface area contributed by atoms with Crippen molar-refractivity contribution in [3.63, 3.8) is 0 Å². The van der Waals surface area contributed by atoms with Gasteiger partial charge in [0.1, 0.15) is 0 Å². The summed E-state index contributed by atoms with van der Waals surface area (Å²) < 4.78 is 1.68. The Kier molecular flexibility index (Phi) is 4.51. The zero-order chi connectivity index (χ0) is 13.9. The van der Waals surface area contributed by atoms with E-state index in [4.69, 9.17) is 5.73 Å². The van der Waals surface area contributed by atoms with Crippen molar-refractivity contribution < 1.29 is 4.79 Å². The summed E-state index contributed by atoms with van der Waals surface area (Å²) in [4.78, 5) is 11.8. The van der Waals surface area contributed by atoms with Crippen LogP contribution in [0.3, 0.4) is 0 Å². The molecule has 1 unspecified atom stereocenters. The Balaban J connectivity index is 2.49. The van der Waals surface area contributed by atoms with Crippen LogP contribution in [0, 0.1) is 12.3 Å². The minimum atomic E-state index is -0.109. The highest BCUT2D eigenvalue weighted by Crippen LogP contribution is 2.21. The molecule has 1 rings (SSSR count). The summed E-state index contributed by atoms with van der Waals surface area (Å²) >= 11 is 0. The molecule has 5 heteroatoms. The second kappa shape index (κ2) is 5.52. The lowest BCUT2D eigenvalue weighted by molar-refractivity contribution is -0.116. The maximum atomic E-state index is 11.8. The normalized spacial score (nSPS) is 13.4. The Morgan fingerprint density at radius 2 is 2.17 bits per heavy atom. The first-order valence-electron chi connectivity index (χ1n) is 6.23. The Labute approximate surface area is 109 Å². The Morgan fingerprint density at radius 1 is 1.56 bits per heavy atom. The van der Waals surface area contributed by atoms with Crippen LogP contribution in [0.5, 0.6) is 0 Å². The van der Waals surface area contributed by atoms with Gasteiger partial charge in [-0.2, -0.15) is 5.10 Å². The Hall–Kier alpha value is -1.36. The average Bonchev–Trinajstić information content (AvgIpc) is 2.40. The van der Waals surface area contributed by atoms with Crippen LogP contribution in [0.4, 0.5) is 5.69 Å². The molecule has 1 aromatic heterocycles. The number of nitrogens with zero attached hydrogens (tertiary/aromatic N) is 2. The van der Waals surface area contributed by atoms with Gasteiger partial charge in [-0.3, -0.25) is 9.48 Å². The van der Waals surface area contributed by atoms with E-state index in [-0.39, 0.29) is 17.4 Å². The van der Waals surface area contributed by atoms with Gasteiger partial charge >= 0.3 is 0 Å². The summed E-state index contributed by atoms with van der Waals surface area (Å²) in [6, 6.07) is -0.109. The van der Waals surface area contributed by atoms with Gasteiger partial charge in [0.2, 0.25) is 5.91 Å². The molecular formula is C13H24N4O. The molecule has 1 atom stereocenters. The first-order chi connectivity index (χ1) is 8.17. The number of rotatable bonds is 4. The third-order valence-corrected chi connectivity index (χ3v) is 2.61. The molecule has 0 aliphatic carbocycles. The third-order valence-electron chi connectivity index (χ3n) is 2.61. The van der Waals surface area contributed by atoms with Crippen molar-refractivity contribution in [1.29, 1.82) is 0 Å². The van der Waals surface area contributed by atoms with Crippen molar-refractivity contribution in [2.75, 3.05) is 5.32 Å². The molecule has 0 aliphatic heterocycles. The summed E-state index contributed by atoms with van der Waals surface area (Å²) in [5.74, 6) is -0.0529. The fraction of sp³-hybridized carbons (Fsp3) is 0.692. The van der Waals surface area contributed by atoms with Crippen molar-refractivity contribution in [2.24, 2.45) is 18.2 Å². The zero-order valence-corrected chi connectivity index (χ0v) is 11.9. The zero-order valence-electron chi connectivity index (χ0n) is 11.9. The van der Waals surface area contributed by atoms with Crippen molar-refractivity contribution in [1.82, 2.24) is 9.78 Å². The van der Waals surface area contributed by atoms with E-state index in [1.807, 2.05) is 14.0 Å². The van der Waals surface area contributed by atoms with Crippen LogP contribution >= 0.6 is 0 Å². The summed E-state index contributed by atoms with van der Waals surface area (Å²) in [5, 5.41) is 7.02. The maximum absolute atomic E-state index is 11.8. The fourth-order valence-electron chi connectivity index (χ4n) is 2.02. The molecule has 3 N–H and O–H groups in total. The third kappa shape index (κ3) is 4.87. The number of anilines is 1. The molecule has 0 bridgehead atoms. The molecule has 0 spiro atoms. The van der Waals surface area contributed by atoms with Gasteiger partial charge in [-0.25, -0.2) is 0 Å². The number of nitrogens with two attached hydrogens (primary N) is 1. The number of carbonyl (C=O) groups excluding carboxylic acids is 1. The van der Waals surface area contributed by atoms with E-state index in [0.29, 0.717) is 6.42 Å². The molecule has 0 aromatic carbocycles. The maximum Gasteiger partial charge on any atom is 0.226 e. The standard InChI is InChI=1S/C13H24N4O/c1-9-11(8-17(5)16-9)15-12(18)6-10(14)7-13(2,3)4/h8,10H,6-7,14H2,1-5H3,(H,15,18). The molecular weight excluding hydrogens is 228 g/mol. The second-order valence-corrected chi connectivity index (χ2v) is 6.08. The molecule has 0 radical (unpaired) electrons. The molecule has 102 valence electrons. The van der Waals surface area contributed by atoms with Gasteiger partial charge in [-0.15, -0.1) is 0 Å². The van der Waals surface area contributed by atoms with Crippen LogP contribution in [0.1, 0.15) is 39.3 Å². The van der Waals surface area contributed by atoms with Gasteiger partial charge in [-0.1, -0.05) is 20.8 Å². The van der Waals surface area contributed by atoms with Gasteiger partial charge in [0.05, 0.1) is 11.4 Å². The summed E-state index contributed by atoms with van der Waals surface area (Å²) in [6.07, 6.45) is 2.96. The molecule has 0 saturated carbocycles. The monoisotopic (exact) mass is 252 g/mol.